The zero-order valence-electron chi connectivity index (χ0n) is 16.5. The molecular formula is C22H16ClN3O5S. The van der Waals surface area contributed by atoms with Crippen LogP contribution in [0.3, 0.4) is 0 Å². The Kier molecular flexibility index (Phi) is 6.02. The second-order valence-corrected chi connectivity index (χ2v) is 8.55. The molecule has 1 fully saturated rings. The fourth-order valence-corrected chi connectivity index (χ4v) is 4.36. The molecule has 8 nitrogen and oxygen atoms in total. The molecule has 10 heteroatoms. The van der Waals surface area contributed by atoms with E-state index in [4.69, 9.17) is 11.6 Å². The molecule has 32 heavy (non-hydrogen) atoms. The standard InChI is InChI=1S/C22H16ClN3O5S/c23-15-6-8-16(9-7-15)25-20(27)12-19(22(25)29)24(13-18-5-2-10-32-18)21(28)14-3-1-4-17(11-14)26(30)31/h1-11,19H,12-13H2. The summed E-state index contributed by atoms with van der Waals surface area (Å²) in [5, 5.41) is 13.4. The normalized spacial score (nSPS) is 15.8. The number of nitro groups is 1. The van der Waals surface area contributed by atoms with E-state index in [1.165, 1.54) is 40.5 Å². The fourth-order valence-electron chi connectivity index (χ4n) is 3.53. The molecule has 162 valence electrons. The summed E-state index contributed by atoms with van der Waals surface area (Å²) in [6.45, 7) is 0.0946. The Bertz CT molecular complexity index is 1200. The predicted octanol–water partition coefficient (Wildman–Crippen LogP) is 4.28. The Balaban J connectivity index is 1.69. The molecule has 1 unspecified atom stereocenters. The maximum Gasteiger partial charge on any atom is 0.270 e. The molecular weight excluding hydrogens is 454 g/mol. The molecule has 1 saturated heterocycles. The summed E-state index contributed by atoms with van der Waals surface area (Å²) in [5.41, 5.74) is 0.204. The smallest absolute Gasteiger partial charge is 0.270 e. The van der Waals surface area contributed by atoms with Crippen molar-refractivity contribution in [3.8, 4) is 0 Å². The molecule has 1 aliphatic heterocycles. The molecule has 0 spiro atoms. The second kappa shape index (κ2) is 8.89. The Hall–Kier alpha value is -3.56. The van der Waals surface area contributed by atoms with Crippen LogP contribution in [-0.4, -0.2) is 33.6 Å². The minimum Gasteiger partial charge on any atom is -0.321 e. The van der Waals surface area contributed by atoms with Crippen molar-refractivity contribution in [1.82, 2.24) is 4.90 Å². The number of nitro benzene ring substituents is 1. The van der Waals surface area contributed by atoms with E-state index in [0.29, 0.717) is 10.7 Å². The first-order valence-corrected chi connectivity index (χ1v) is 10.8. The van der Waals surface area contributed by atoms with Gasteiger partial charge in [0.15, 0.2) is 0 Å². The highest BCUT2D eigenvalue weighted by Crippen LogP contribution is 2.29. The van der Waals surface area contributed by atoms with Gasteiger partial charge < -0.3 is 4.90 Å². The van der Waals surface area contributed by atoms with Crippen molar-refractivity contribution < 1.29 is 19.3 Å². The van der Waals surface area contributed by atoms with Crippen molar-refractivity contribution in [2.75, 3.05) is 4.90 Å². The third-order valence-corrected chi connectivity index (χ3v) is 6.17. The van der Waals surface area contributed by atoms with Gasteiger partial charge in [-0.15, -0.1) is 11.3 Å². The summed E-state index contributed by atoms with van der Waals surface area (Å²) in [6.07, 6.45) is -0.187. The third kappa shape index (κ3) is 4.25. The van der Waals surface area contributed by atoms with E-state index in [1.54, 1.807) is 24.3 Å². The average Bonchev–Trinajstić information content (AvgIpc) is 3.40. The quantitative estimate of drug-likeness (QED) is 0.304. The van der Waals surface area contributed by atoms with Crippen molar-refractivity contribution in [3.05, 3.63) is 91.6 Å². The van der Waals surface area contributed by atoms with Gasteiger partial charge in [0, 0.05) is 27.6 Å². The first kappa shape index (κ1) is 21.7. The van der Waals surface area contributed by atoms with E-state index in [0.717, 1.165) is 9.78 Å². The zero-order chi connectivity index (χ0) is 22.8. The number of thiophene rings is 1. The van der Waals surface area contributed by atoms with Crippen LogP contribution < -0.4 is 4.90 Å². The molecule has 0 radical (unpaired) electrons. The summed E-state index contributed by atoms with van der Waals surface area (Å²) >= 11 is 7.31. The third-order valence-electron chi connectivity index (χ3n) is 5.05. The van der Waals surface area contributed by atoms with Gasteiger partial charge in [0.05, 0.1) is 23.6 Å². The number of rotatable bonds is 6. The van der Waals surface area contributed by atoms with Crippen LogP contribution in [0.5, 0.6) is 0 Å². The largest absolute Gasteiger partial charge is 0.321 e. The van der Waals surface area contributed by atoms with Gasteiger partial charge in [0.25, 0.3) is 17.5 Å². The monoisotopic (exact) mass is 469 g/mol. The van der Waals surface area contributed by atoms with Gasteiger partial charge in [-0.25, -0.2) is 4.90 Å². The van der Waals surface area contributed by atoms with Crippen molar-refractivity contribution in [2.45, 2.75) is 19.0 Å². The number of anilines is 1. The van der Waals surface area contributed by atoms with Gasteiger partial charge in [0.1, 0.15) is 6.04 Å². The SMILES string of the molecule is O=C1CC(N(Cc2cccs2)C(=O)c2cccc([N+](=O)[O-])c2)C(=O)N1c1ccc(Cl)cc1. The maximum atomic E-state index is 13.4. The van der Waals surface area contributed by atoms with E-state index in [2.05, 4.69) is 0 Å². The minimum atomic E-state index is -1.04. The highest BCUT2D eigenvalue weighted by atomic mass is 35.5. The Morgan fingerprint density at radius 3 is 2.56 bits per heavy atom. The van der Waals surface area contributed by atoms with E-state index in [1.807, 2.05) is 17.5 Å². The van der Waals surface area contributed by atoms with Crippen LogP contribution in [0.1, 0.15) is 21.7 Å². The molecule has 3 amide bonds. The second-order valence-electron chi connectivity index (χ2n) is 7.08. The number of hydrogen-bond donors (Lipinski definition) is 0. The topological polar surface area (TPSA) is 101 Å². The van der Waals surface area contributed by atoms with E-state index < -0.39 is 28.7 Å². The van der Waals surface area contributed by atoms with Crippen molar-refractivity contribution in [2.24, 2.45) is 0 Å². The van der Waals surface area contributed by atoms with Gasteiger partial charge >= 0.3 is 0 Å². The van der Waals surface area contributed by atoms with Crippen LogP contribution in [0.4, 0.5) is 11.4 Å². The molecule has 1 aromatic heterocycles. The molecule has 2 heterocycles. The van der Waals surface area contributed by atoms with Crippen LogP contribution in [0, 0.1) is 10.1 Å². The van der Waals surface area contributed by atoms with Crippen molar-refractivity contribution in [1.29, 1.82) is 0 Å². The van der Waals surface area contributed by atoms with Crippen molar-refractivity contribution in [3.63, 3.8) is 0 Å². The van der Waals surface area contributed by atoms with Gasteiger partial charge in [-0.3, -0.25) is 24.5 Å². The number of hydrogen-bond acceptors (Lipinski definition) is 6. The molecule has 2 aromatic carbocycles. The maximum absolute atomic E-state index is 13.4. The Morgan fingerprint density at radius 1 is 1.16 bits per heavy atom. The van der Waals surface area contributed by atoms with E-state index in [9.17, 15) is 24.5 Å². The lowest BCUT2D eigenvalue weighted by Crippen LogP contribution is -2.45. The zero-order valence-corrected chi connectivity index (χ0v) is 18.1. The number of non-ortho nitro benzene ring substituents is 1. The number of carbonyl (C=O) groups is 3. The van der Waals surface area contributed by atoms with E-state index >= 15 is 0 Å². The minimum absolute atomic E-state index is 0.0703. The number of nitrogens with zero attached hydrogens (tertiary/aromatic N) is 3. The molecule has 0 aliphatic carbocycles. The fraction of sp³-hybridized carbons (Fsp3) is 0.136. The van der Waals surface area contributed by atoms with Gasteiger partial charge in [0.2, 0.25) is 5.91 Å². The van der Waals surface area contributed by atoms with Crippen LogP contribution in [0.2, 0.25) is 5.02 Å². The van der Waals surface area contributed by atoms with Gasteiger partial charge in [-0.2, -0.15) is 0 Å². The number of halogens is 1. The first-order valence-electron chi connectivity index (χ1n) is 9.55. The summed E-state index contributed by atoms with van der Waals surface area (Å²) in [4.78, 5) is 53.1. The number of benzene rings is 2. The summed E-state index contributed by atoms with van der Waals surface area (Å²) in [6, 6.07) is 14.2. The number of imide groups is 1. The first-order chi connectivity index (χ1) is 15.3. The lowest BCUT2D eigenvalue weighted by atomic mass is 10.1. The Labute approximate surface area is 191 Å². The van der Waals surface area contributed by atoms with Crippen LogP contribution in [-0.2, 0) is 16.1 Å². The van der Waals surface area contributed by atoms with Crippen LogP contribution in [0.25, 0.3) is 0 Å². The molecule has 1 atom stereocenters. The summed E-state index contributed by atoms with van der Waals surface area (Å²) in [7, 11) is 0. The molecule has 0 saturated carbocycles. The summed E-state index contributed by atoms with van der Waals surface area (Å²) < 4.78 is 0. The lowest BCUT2D eigenvalue weighted by Gasteiger charge is -2.27. The van der Waals surface area contributed by atoms with Crippen LogP contribution >= 0.6 is 22.9 Å². The van der Waals surface area contributed by atoms with Crippen LogP contribution in [0.15, 0.2) is 66.0 Å². The number of carbonyl (C=O) groups excluding carboxylic acids is 3. The van der Waals surface area contributed by atoms with Crippen molar-refractivity contribution >= 4 is 52.0 Å². The molecule has 4 rings (SSSR count). The highest BCUT2D eigenvalue weighted by molar-refractivity contribution is 7.09. The van der Waals surface area contributed by atoms with Gasteiger partial charge in [-0.05, 0) is 41.8 Å². The summed E-state index contributed by atoms with van der Waals surface area (Å²) in [5.74, 6) is -1.54. The lowest BCUT2D eigenvalue weighted by molar-refractivity contribution is -0.384. The highest BCUT2D eigenvalue weighted by Gasteiger charge is 2.44. The predicted molar refractivity (Wildman–Crippen MR) is 120 cm³/mol. The Morgan fingerprint density at radius 2 is 1.91 bits per heavy atom. The molecule has 1 aliphatic rings. The number of amides is 3. The molecule has 0 bridgehead atoms. The van der Waals surface area contributed by atoms with E-state index in [-0.39, 0.29) is 24.2 Å². The molecule has 0 N–H and O–H groups in total. The molecule has 3 aromatic rings. The van der Waals surface area contributed by atoms with Gasteiger partial charge in [-0.1, -0.05) is 23.7 Å². The average molecular weight is 470 g/mol.